The van der Waals surface area contributed by atoms with Gasteiger partial charge in [-0.2, -0.15) is 0 Å². The number of hydrogen-bond donors (Lipinski definition) is 2. The Balaban J connectivity index is 1.86. The highest BCUT2D eigenvalue weighted by Gasteiger charge is 2.33. The maximum atomic E-state index is 13.0. The molecule has 0 aromatic rings. The molecule has 5 nitrogen and oxygen atoms in total. The molecule has 188 valence electrons. The van der Waals surface area contributed by atoms with Crippen LogP contribution in [0.25, 0.3) is 0 Å². The van der Waals surface area contributed by atoms with E-state index in [0.29, 0.717) is 12.2 Å². The SMILES string of the molecule is CC(C)(CO)CCCC1CCCC(/C=C\C2CCCC(CCCC(C)(C)C(=O)O)C2=O)C1=O. The number of hydrogen-bond acceptors (Lipinski definition) is 4. The molecule has 0 aromatic carbocycles. The highest BCUT2D eigenvalue weighted by Crippen LogP contribution is 2.35. The van der Waals surface area contributed by atoms with E-state index < -0.39 is 11.4 Å². The number of ketones is 2. The molecule has 2 aliphatic carbocycles. The molecule has 0 bridgehead atoms. The second-order valence-electron chi connectivity index (χ2n) is 12.0. The van der Waals surface area contributed by atoms with Gasteiger partial charge >= 0.3 is 5.97 Å². The molecular weight excluding hydrogens is 416 g/mol. The minimum atomic E-state index is -0.786. The third-order valence-electron chi connectivity index (χ3n) is 8.01. The van der Waals surface area contributed by atoms with E-state index in [9.17, 15) is 24.6 Å². The lowest BCUT2D eigenvalue weighted by Crippen LogP contribution is -2.30. The van der Waals surface area contributed by atoms with Crippen molar-refractivity contribution < 1.29 is 24.6 Å². The summed E-state index contributed by atoms with van der Waals surface area (Å²) in [6.45, 7) is 7.77. The molecule has 0 amide bonds. The summed E-state index contributed by atoms with van der Waals surface area (Å²) in [5.74, 6) is -0.232. The van der Waals surface area contributed by atoms with Gasteiger partial charge in [-0.05, 0) is 70.6 Å². The lowest BCUT2D eigenvalue weighted by atomic mass is 9.74. The van der Waals surface area contributed by atoms with Crippen molar-refractivity contribution in [2.45, 2.75) is 105 Å². The third-order valence-corrected chi connectivity index (χ3v) is 8.01. The fourth-order valence-electron chi connectivity index (χ4n) is 5.37. The molecule has 4 atom stereocenters. The Morgan fingerprint density at radius 1 is 0.848 bits per heavy atom. The molecule has 0 aromatic heterocycles. The van der Waals surface area contributed by atoms with Gasteiger partial charge in [-0.3, -0.25) is 14.4 Å². The normalized spacial score (nSPS) is 27.3. The zero-order valence-electron chi connectivity index (χ0n) is 21.3. The fourth-order valence-corrected chi connectivity index (χ4v) is 5.37. The van der Waals surface area contributed by atoms with Crippen molar-refractivity contribution in [3.8, 4) is 0 Å². The average Bonchev–Trinajstić information content (AvgIpc) is 2.75. The molecule has 0 saturated heterocycles. The Kier molecular flexibility index (Phi) is 10.3. The molecule has 33 heavy (non-hydrogen) atoms. The number of aliphatic hydroxyl groups excluding tert-OH is 1. The Bertz CT molecular complexity index is 705. The predicted octanol–water partition coefficient (Wildman–Crippen LogP) is 5.98. The number of rotatable bonds is 12. The van der Waals surface area contributed by atoms with E-state index in [-0.39, 0.29) is 41.5 Å². The van der Waals surface area contributed by atoms with Gasteiger partial charge in [-0.25, -0.2) is 0 Å². The van der Waals surface area contributed by atoms with Crippen molar-refractivity contribution in [1.29, 1.82) is 0 Å². The summed E-state index contributed by atoms with van der Waals surface area (Å²) in [6, 6.07) is 0. The van der Waals surface area contributed by atoms with E-state index in [1.54, 1.807) is 13.8 Å². The van der Waals surface area contributed by atoms with Gasteiger partial charge in [0.15, 0.2) is 0 Å². The number of carboxylic acids is 1. The fraction of sp³-hybridized carbons (Fsp3) is 0.821. The standard InChI is InChI=1S/C28H46O5/c1-27(2,19-29)17-7-13-20-9-5-11-22(24(20)30)15-16-23-12-6-10-21(25(23)31)14-8-18-28(3,4)26(32)33/h15-16,20-23,29H,5-14,17-19H2,1-4H3,(H,32,33)/b16-15-. The van der Waals surface area contributed by atoms with Crippen LogP contribution in [0.2, 0.25) is 0 Å². The van der Waals surface area contributed by atoms with Gasteiger partial charge in [0.1, 0.15) is 11.6 Å². The van der Waals surface area contributed by atoms with E-state index in [0.717, 1.165) is 70.6 Å². The second-order valence-corrected chi connectivity index (χ2v) is 12.0. The first-order valence-corrected chi connectivity index (χ1v) is 13.1. The van der Waals surface area contributed by atoms with Crippen LogP contribution in [0, 0.1) is 34.5 Å². The van der Waals surface area contributed by atoms with E-state index >= 15 is 0 Å². The Morgan fingerprint density at radius 3 is 1.73 bits per heavy atom. The van der Waals surface area contributed by atoms with Crippen LogP contribution in [-0.2, 0) is 14.4 Å². The van der Waals surface area contributed by atoms with Crippen LogP contribution in [-0.4, -0.2) is 34.4 Å². The topological polar surface area (TPSA) is 91.7 Å². The molecule has 0 aliphatic heterocycles. The van der Waals surface area contributed by atoms with Crippen LogP contribution in [0.4, 0.5) is 0 Å². The first-order valence-electron chi connectivity index (χ1n) is 13.1. The zero-order valence-corrected chi connectivity index (χ0v) is 21.3. The van der Waals surface area contributed by atoms with E-state index in [4.69, 9.17) is 0 Å². The number of carbonyl (C=O) groups is 3. The average molecular weight is 463 g/mol. The van der Waals surface area contributed by atoms with Crippen LogP contribution in [0.5, 0.6) is 0 Å². The first-order chi connectivity index (χ1) is 15.5. The molecule has 2 aliphatic rings. The van der Waals surface area contributed by atoms with Crippen molar-refractivity contribution in [3.05, 3.63) is 12.2 Å². The van der Waals surface area contributed by atoms with Crippen LogP contribution >= 0.6 is 0 Å². The number of carboxylic acid groups (broad SMARTS) is 1. The van der Waals surface area contributed by atoms with Crippen molar-refractivity contribution in [3.63, 3.8) is 0 Å². The van der Waals surface area contributed by atoms with Crippen molar-refractivity contribution >= 4 is 17.5 Å². The number of carbonyl (C=O) groups excluding carboxylic acids is 2. The predicted molar refractivity (Wildman–Crippen MR) is 131 cm³/mol. The van der Waals surface area contributed by atoms with Gasteiger partial charge in [0.25, 0.3) is 0 Å². The monoisotopic (exact) mass is 462 g/mol. The lowest BCUT2D eigenvalue weighted by molar-refractivity contribution is -0.147. The summed E-state index contributed by atoms with van der Waals surface area (Å²) in [6.07, 6.45) is 14.5. The molecule has 2 saturated carbocycles. The molecule has 0 spiro atoms. The summed E-state index contributed by atoms with van der Waals surface area (Å²) < 4.78 is 0. The van der Waals surface area contributed by atoms with Crippen LogP contribution in [0.15, 0.2) is 12.2 Å². The van der Waals surface area contributed by atoms with Crippen LogP contribution in [0.1, 0.15) is 105 Å². The molecule has 4 unspecified atom stereocenters. The maximum absolute atomic E-state index is 13.0. The summed E-state index contributed by atoms with van der Waals surface area (Å²) in [5, 5.41) is 18.7. The smallest absolute Gasteiger partial charge is 0.309 e. The van der Waals surface area contributed by atoms with Crippen molar-refractivity contribution in [2.75, 3.05) is 6.61 Å². The Morgan fingerprint density at radius 2 is 1.30 bits per heavy atom. The maximum Gasteiger partial charge on any atom is 0.309 e. The highest BCUT2D eigenvalue weighted by molar-refractivity contribution is 5.87. The van der Waals surface area contributed by atoms with Gasteiger partial charge < -0.3 is 10.2 Å². The number of Topliss-reactive ketones (excluding diaryl/α,β-unsaturated/α-hetero) is 2. The van der Waals surface area contributed by atoms with Gasteiger partial charge in [-0.1, -0.05) is 51.7 Å². The van der Waals surface area contributed by atoms with E-state index in [2.05, 4.69) is 13.8 Å². The molecule has 5 heteroatoms. The summed E-state index contributed by atoms with van der Waals surface area (Å²) in [5.41, 5.74) is -0.832. The van der Waals surface area contributed by atoms with Gasteiger partial charge in [0.05, 0.1) is 5.41 Å². The lowest BCUT2D eigenvalue weighted by Gasteiger charge is -2.29. The molecule has 2 fully saturated rings. The molecular formula is C28H46O5. The minimum absolute atomic E-state index is 0.0164. The first kappa shape index (κ1) is 27.8. The van der Waals surface area contributed by atoms with Crippen LogP contribution < -0.4 is 0 Å². The molecule has 2 rings (SSSR count). The van der Waals surface area contributed by atoms with Gasteiger partial charge in [-0.15, -0.1) is 0 Å². The van der Waals surface area contributed by atoms with Crippen LogP contribution in [0.3, 0.4) is 0 Å². The summed E-state index contributed by atoms with van der Waals surface area (Å²) in [7, 11) is 0. The third kappa shape index (κ3) is 8.35. The number of aliphatic hydroxyl groups is 1. The summed E-state index contributed by atoms with van der Waals surface area (Å²) >= 11 is 0. The molecule has 0 heterocycles. The number of aliphatic carboxylic acids is 1. The molecule has 2 N–H and O–H groups in total. The zero-order chi connectivity index (χ0) is 24.6. The quantitative estimate of drug-likeness (QED) is 0.348. The Hall–Kier alpha value is -1.49. The Labute approximate surface area is 200 Å². The van der Waals surface area contributed by atoms with Crippen molar-refractivity contribution in [2.24, 2.45) is 34.5 Å². The van der Waals surface area contributed by atoms with E-state index in [1.165, 1.54) is 0 Å². The van der Waals surface area contributed by atoms with Gasteiger partial charge in [0, 0.05) is 30.3 Å². The largest absolute Gasteiger partial charge is 0.481 e. The molecule has 0 radical (unpaired) electrons. The van der Waals surface area contributed by atoms with Crippen molar-refractivity contribution in [1.82, 2.24) is 0 Å². The summed E-state index contributed by atoms with van der Waals surface area (Å²) in [4.78, 5) is 37.4. The minimum Gasteiger partial charge on any atom is -0.481 e. The van der Waals surface area contributed by atoms with E-state index in [1.807, 2.05) is 12.2 Å². The highest BCUT2D eigenvalue weighted by atomic mass is 16.4. The number of allylic oxidation sites excluding steroid dienone is 2. The second kappa shape index (κ2) is 12.3. The van der Waals surface area contributed by atoms with Gasteiger partial charge in [0.2, 0.25) is 0 Å².